The van der Waals surface area contributed by atoms with Gasteiger partial charge in [0.25, 0.3) is 5.89 Å². The molecule has 0 aliphatic heterocycles. The molecule has 7 heteroatoms. The summed E-state index contributed by atoms with van der Waals surface area (Å²) < 4.78 is 5.05. The first kappa shape index (κ1) is 9.28. The van der Waals surface area contributed by atoms with E-state index in [-0.39, 0.29) is 11.8 Å². The molecule has 2 rings (SSSR count). The van der Waals surface area contributed by atoms with Crippen LogP contribution in [0.5, 0.6) is 0 Å². The van der Waals surface area contributed by atoms with Crippen LogP contribution in [0.4, 0.5) is 0 Å². The number of hydrogen-bond donors (Lipinski definition) is 2. The second-order valence-corrected chi connectivity index (χ2v) is 2.60. The third-order valence-corrected chi connectivity index (χ3v) is 1.63. The largest absolute Gasteiger partial charge is 0.411 e. The maximum Gasteiger partial charge on any atom is 0.322 e. The van der Waals surface area contributed by atoms with E-state index >= 15 is 0 Å². The van der Waals surface area contributed by atoms with E-state index in [1.807, 2.05) is 5.43 Å². The average Bonchev–Trinajstić information content (AvgIpc) is 2.78. The molecule has 2 heterocycles. The minimum atomic E-state index is -0.635. The van der Waals surface area contributed by atoms with Gasteiger partial charge in [-0.15, -0.1) is 10.2 Å². The number of carbonyl (C=O) groups excluding carboxylic acids is 1. The normalized spacial score (nSPS) is 9.93. The minimum Gasteiger partial charge on any atom is -0.411 e. The third-order valence-electron chi connectivity index (χ3n) is 1.63. The summed E-state index contributed by atoms with van der Waals surface area (Å²) in [6, 6.07) is 5.22. The van der Waals surface area contributed by atoms with Crippen molar-refractivity contribution < 1.29 is 9.21 Å². The molecular formula is C8H7N5O2. The Labute approximate surface area is 84.3 Å². The van der Waals surface area contributed by atoms with Gasteiger partial charge in [-0.1, -0.05) is 6.07 Å². The van der Waals surface area contributed by atoms with Gasteiger partial charge in [0, 0.05) is 6.20 Å². The van der Waals surface area contributed by atoms with E-state index in [0.29, 0.717) is 5.69 Å². The Balaban J connectivity index is 2.32. The van der Waals surface area contributed by atoms with Gasteiger partial charge in [0.05, 0.1) is 0 Å². The number of hydrazine groups is 1. The number of nitrogens with two attached hydrogens (primary N) is 1. The van der Waals surface area contributed by atoms with Crippen molar-refractivity contribution in [1.82, 2.24) is 20.6 Å². The Morgan fingerprint density at radius 2 is 2.27 bits per heavy atom. The first-order chi connectivity index (χ1) is 7.31. The highest BCUT2D eigenvalue weighted by Gasteiger charge is 2.14. The summed E-state index contributed by atoms with van der Waals surface area (Å²) >= 11 is 0. The van der Waals surface area contributed by atoms with Crippen LogP contribution in [0.25, 0.3) is 11.6 Å². The Kier molecular flexibility index (Phi) is 2.38. The van der Waals surface area contributed by atoms with Gasteiger partial charge < -0.3 is 4.42 Å². The van der Waals surface area contributed by atoms with E-state index in [9.17, 15) is 4.79 Å². The molecule has 0 aliphatic rings. The molecule has 3 N–H and O–H groups in total. The topological polar surface area (TPSA) is 107 Å². The molecule has 15 heavy (non-hydrogen) atoms. The highest BCUT2D eigenvalue weighted by atomic mass is 16.4. The van der Waals surface area contributed by atoms with Crippen molar-refractivity contribution in [3.8, 4) is 11.6 Å². The summed E-state index contributed by atoms with van der Waals surface area (Å²) in [5, 5.41) is 7.17. The second kappa shape index (κ2) is 3.84. The van der Waals surface area contributed by atoms with E-state index in [4.69, 9.17) is 10.3 Å². The van der Waals surface area contributed by atoms with Crippen molar-refractivity contribution >= 4 is 5.91 Å². The van der Waals surface area contributed by atoms with Gasteiger partial charge in [0.2, 0.25) is 0 Å². The zero-order valence-electron chi connectivity index (χ0n) is 7.54. The van der Waals surface area contributed by atoms with Crippen LogP contribution in [-0.4, -0.2) is 21.1 Å². The van der Waals surface area contributed by atoms with Crippen LogP contribution in [0, 0.1) is 0 Å². The number of amides is 1. The van der Waals surface area contributed by atoms with Crippen molar-refractivity contribution in [2.45, 2.75) is 0 Å². The van der Waals surface area contributed by atoms with Crippen molar-refractivity contribution in [3.05, 3.63) is 30.3 Å². The molecule has 0 spiro atoms. The van der Waals surface area contributed by atoms with Crippen molar-refractivity contribution in [2.75, 3.05) is 0 Å². The summed E-state index contributed by atoms with van der Waals surface area (Å²) in [5.74, 6) is 4.25. The Morgan fingerprint density at radius 3 is 2.93 bits per heavy atom. The zero-order chi connectivity index (χ0) is 10.7. The van der Waals surface area contributed by atoms with Gasteiger partial charge in [0.15, 0.2) is 0 Å². The summed E-state index contributed by atoms with van der Waals surface area (Å²) in [6.45, 7) is 0. The zero-order valence-corrected chi connectivity index (χ0v) is 7.54. The minimum absolute atomic E-state index is 0.175. The molecule has 0 unspecified atom stereocenters. The summed E-state index contributed by atoms with van der Waals surface area (Å²) in [7, 11) is 0. The third kappa shape index (κ3) is 1.81. The molecule has 7 nitrogen and oxygen atoms in total. The lowest BCUT2D eigenvalue weighted by Gasteiger charge is -1.91. The molecule has 2 aromatic heterocycles. The number of nitrogens with one attached hydrogen (secondary N) is 1. The summed E-state index contributed by atoms with van der Waals surface area (Å²) in [6.07, 6.45) is 1.59. The van der Waals surface area contributed by atoms with E-state index in [2.05, 4.69) is 15.2 Å². The molecule has 0 atom stereocenters. The Morgan fingerprint density at radius 1 is 1.40 bits per heavy atom. The summed E-state index contributed by atoms with van der Waals surface area (Å²) in [5.41, 5.74) is 2.39. The monoisotopic (exact) mass is 205 g/mol. The van der Waals surface area contributed by atoms with E-state index in [1.54, 1.807) is 24.4 Å². The van der Waals surface area contributed by atoms with Gasteiger partial charge in [-0.2, -0.15) is 0 Å². The number of nitrogens with zero attached hydrogens (tertiary/aromatic N) is 3. The predicted octanol–water partition coefficient (Wildman–Crippen LogP) is -0.265. The maximum absolute atomic E-state index is 11.0. The van der Waals surface area contributed by atoms with Crippen LogP contribution >= 0.6 is 0 Å². The molecule has 0 bridgehead atoms. The highest BCUT2D eigenvalue weighted by molar-refractivity contribution is 5.89. The lowest BCUT2D eigenvalue weighted by Crippen LogP contribution is -2.30. The molecule has 0 aliphatic carbocycles. The Bertz CT molecular complexity index is 467. The number of pyridine rings is 1. The number of aromatic nitrogens is 3. The van der Waals surface area contributed by atoms with Gasteiger partial charge in [-0.3, -0.25) is 15.2 Å². The maximum atomic E-state index is 11.0. The molecule has 0 fully saturated rings. The molecule has 0 saturated heterocycles. The van der Waals surface area contributed by atoms with Crippen molar-refractivity contribution in [3.63, 3.8) is 0 Å². The van der Waals surface area contributed by atoms with Crippen molar-refractivity contribution in [2.24, 2.45) is 5.84 Å². The fourth-order valence-corrected chi connectivity index (χ4v) is 0.969. The average molecular weight is 205 g/mol. The van der Waals surface area contributed by atoms with E-state index < -0.39 is 5.91 Å². The van der Waals surface area contributed by atoms with E-state index in [1.165, 1.54) is 0 Å². The molecule has 0 saturated carbocycles. The lowest BCUT2D eigenvalue weighted by atomic mass is 10.3. The second-order valence-electron chi connectivity index (χ2n) is 2.60. The van der Waals surface area contributed by atoms with Crippen LogP contribution in [0.3, 0.4) is 0 Å². The number of rotatable bonds is 2. The molecule has 1 amide bonds. The highest BCUT2D eigenvalue weighted by Crippen LogP contribution is 2.13. The van der Waals surface area contributed by atoms with E-state index in [0.717, 1.165) is 0 Å². The van der Waals surface area contributed by atoms with Gasteiger partial charge >= 0.3 is 11.8 Å². The SMILES string of the molecule is NNC(=O)c1nnc(-c2ccccn2)o1. The fraction of sp³-hybridized carbons (Fsp3) is 0. The van der Waals surface area contributed by atoms with Crippen molar-refractivity contribution in [1.29, 1.82) is 0 Å². The fourth-order valence-electron chi connectivity index (χ4n) is 0.969. The quantitative estimate of drug-likeness (QED) is 0.397. The first-order valence-corrected chi connectivity index (χ1v) is 4.07. The molecule has 76 valence electrons. The number of carbonyl (C=O) groups is 1. The Hall–Kier alpha value is -2.28. The molecule has 0 radical (unpaired) electrons. The summed E-state index contributed by atoms with van der Waals surface area (Å²) in [4.78, 5) is 15.0. The van der Waals surface area contributed by atoms with Crippen LogP contribution in [0.15, 0.2) is 28.8 Å². The molecular weight excluding hydrogens is 198 g/mol. The predicted molar refractivity (Wildman–Crippen MR) is 49.2 cm³/mol. The van der Waals surface area contributed by atoms with Crippen LogP contribution in [0.2, 0.25) is 0 Å². The molecule has 0 aromatic carbocycles. The van der Waals surface area contributed by atoms with Crippen LogP contribution < -0.4 is 11.3 Å². The van der Waals surface area contributed by atoms with Gasteiger partial charge in [-0.05, 0) is 12.1 Å². The van der Waals surface area contributed by atoms with Crippen LogP contribution in [-0.2, 0) is 0 Å². The van der Waals surface area contributed by atoms with Gasteiger partial charge in [-0.25, -0.2) is 5.84 Å². The molecule has 2 aromatic rings. The first-order valence-electron chi connectivity index (χ1n) is 4.07. The lowest BCUT2D eigenvalue weighted by molar-refractivity contribution is 0.0919. The standard InChI is InChI=1S/C8H7N5O2/c9-11-6(14)8-13-12-7(15-8)5-3-1-2-4-10-5/h1-4H,9H2,(H,11,14). The van der Waals surface area contributed by atoms with Crippen LogP contribution in [0.1, 0.15) is 10.7 Å². The number of nitrogen functional groups attached to an aromatic ring is 1. The van der Waals surface area contributed by atoms with Gasteiger partial charge in [0.1, 0.15) is 5.69 Å². The number of hydrogen-bond acceptors (Lipinski definition) is 6. The smallest absolute Gasteiger partial charge is 0.322 e.